The van der Waals surface area contributed by atoms with Gasteiger partial charge in [0.1, 0.15) is 5.69 Å². The summed E-state index contributed by atoms with van der Waals surface area (Å²) in [7, 11) is -4.04. The van der Waals surface area contributed by atoms with E-state index in [1.807, 2.05) is 29.8 Å². The molecule has 0 aromatic heterocycles. The van der Waals surface area contributed by atoms with Gasteiger partial charge < -0.3 is 9.84 Å². The third-order valence-corrected chi connectivity index (χ3v) is 5.84. The predicted octanol–water partition coefficient (Wildman–Crippen LogP) is 3.26. The number of carbonyl (C=O) groups is 1. The molecule has 3 rings (SSSR count). The Balaban J connectivity index is 2.08. The van der Waals surface area contributed by atoms with Gasteiger partial charge in [-0.25, -0.2) is 9.03 Å². The van der Waals surface area contributed by atoms with Gasteiger partial charge in [-0.15, -0.1) is 0 Å². The molecular weight excluding hydrogens is 394 g/mol. The molecule has 2 aromatic carbocycles. The first-order chi connectivity index (χ1) is 13.7. The van der Waals surface area contributed by atoms with E-state index in [2.05, 4.69) is 6.07 Å². The van der Waals surface area contributed by atoms with Gasteiger partial charge in [0.05, 0.1) is 12.3 Å². The number of ether oxygens (including phenoxy) is 1. The van der Waals surface area contributed by atoms with E-state index in [-0.39, 0.29) is 23.8 Å². The lowest BCUT2D eigenvalue weighted by Gasteiger charge is -2.19. The molecule has 152 valence electrons. The summed E-state index contributed by atoms with van der Waals surface area (Å²) in [5, 5.41) is 20.1. The zero-order valence-electron chi connectivity index (χ0n) is 16.0. The molecule has 0 radical (unpaired) electrons. The molecule has 0 spiro atoms. The standard InChI is InChI=1S/C20H21N3O5S/c1-3-20(25)28-18-10-15-7-6-14(5-4-13(2)11-21)8-16(15)9-17(18)23-12-19(24)22-29(23,26)27/h6-10,12-13,22,24H,3-5H2,1-2H3. The van der Waals surface area contributed by atoms with Gasteiger partial charge in [-0.2, -0.15) is 13.7 Å². The van der Waals surface area contributed by atoms with Crippen molar-refractivity contribution < 1.29 is 23.1 Å². The fourth-order valence-corrected chi connectivity index (χ4v) is 4.01. The maximum atomic E-state index is 12.3. The van der Waals surface area contributed by atoms with Gasteiger partial charge in [0, 0.05) is 12.3 Å². The highest BCUT2D eigenvalue weighted by Crippen LogP contribution is 2.37. The number of hydrogen-bond donors (Lipinski definition) is 2. The molecule has 8 nitrogen and oxygen atoms in total. The molecule has 0 amide bonds. The third-order valence-electron chi connectivity index (χ3n) is 4.55. The number of nitriles is 1. The van der Waals surface area contributed by atoms with Crippen LogP contribution in [-0.4, -0.2) is 19.5 Å². The van der Waals surface area contributed by atoms with Crippen LogP contribution in [0, 0.1) is 17.2 Å². The van der Waals surface area contributed by atoms with Crippen LogP contribution in [0.4, 0.5) is 5.69 Å². The van der Waals surface area contributed by atoms with Crippen molar-refractivity contribution >= 4 is 32.6 Å². The largest absolute Gasteiger partial charge is 0.493 e. The summed E-state index contributed by atoms with van der Waals surface area (Å²) in [5.41, 5.74) is 1.11. The van der Waals surface area contributed by atoms with E-state index in [0.29, 0.717) is 12.8 Å². The topological polar surface area (TPSA) is 120 Å². The number of esters is 1. The number of nitrogens with zero attached hydrogens (tertiary/aromatic N) is 2. The minimum absolute atomic E-state index is 0.0639. The first kappa shape index (κ1) is 20.5. The Kier molecular flexibility index (Phi) is 5.66. The molecular formula is C20H21N3O5S. The van der Waals surface area contributed by atoms with Crippen molar-refractivity contribution in [3.05, 3.63) is 48.0 Å². The number of aryl methyl sites for hydroxylation is 1. The van der Waals surface area contributed by atoms with Gasteiger partial charge in [-0.05, 0) is 48.2 Å². The Morgan fingerprint density at radius 3 is 2.69 bits per heavy atom. The molecule has 1 atom stereocenters. The number of hydrogen-bond acceptors (Lipinski definition) is 6. The molecule has 1 aliphatic rings. The van der Waals surface area contributed by atoms with Crippen molar-refractivity contribution in [1.82, 2.24) is 4.72 Å². The zero-order valence-corrected chi connectivity index (χ0v) is 16.9. The van der Waals surface area contributed by atoms with Crippen LogP contribution >= 0.6 is 0 Å². The van der Waals surface area contributed by atoms with Crippen LogP contribution in [0.2, 0.25) is 0 Å². The molecule has 2 aromatic rings. The van der Waals surface area contributed by atoms with Gasteiger partial charge in [0.15, 0.2) is 5.75 Å². The lowest BCUT2D eigenvalue weighted by Crippen LogP contribution is -2.30. The molecule has 0 saturated carbocycles. The van der Waals surface area contributed by atoms with Crippen molar-refractivity contribution in [3.63, 3.8) is 0 Å². The van der Waals surface area contributed by atoms with Crippen LogP contribution in [0.25, 0.3) is 10.8 Å². The predicted molar refractivity (Wildman–Crippen MR) is 108 cm³/mol. The first-order valence-electron chi connectivity index (χ1n) is 9.13. The Morgan fingerprint density at radius 1 is 1.31 bits per heavy atom. The molecule has 0 bridgehead atoms. The second-order valence-corrected chi connectivity index (χ2v) is 8.36. The van der Waals surface area contributed by atoms with Crippen LogP contribution in [0.3, 0.4) is 0 Å². The zero-order chi connectivity index (χ0) is 21.2. The SMILES string of the molecule is CCC(=O)Oc1cc2ccc(CCC(C)C#N)cc2cc1N1C=C(O)NS1(=O)=O. The van der Waals surface area contributed by atoms with Crippen molar-refractivity contribution in [3.8, 4) is 11.8 Å². The van der Waals surface area contributed by atoms with Crippen molar-refractivity contribution in [1.29, 1.82) is 5.26 Å². The highest BCUT2D eigenvalue weighted by atomic mass is 32.2. The molecule has 0 saturated heterocycles. The van der Waals surface area contributed by atoms with Crippen molar-refractivity contribution in [2.24, 2.45) is 5.92 Å². The average Bonchev–Trinajstić information content (AvgIpc) is 2.97. The Hall–Kier alpha value is -3.25. The number of aliphatic hydroxyl groups is 1. The average molecular weight is 415 g/mol. The number of carbonyl (C=O) groups excluding carboxylic acids is 1. The molecule has 29 heavy (non-hydrogen) atoms. The highest BCUT2D eigenvalue weighted by molar-refractivity contribution is 7.91. The fraction of sp³-hybridized carbons (Fsp3) is 0.300. The number of fused-ring (bicyclic) bond motifs is 1. The minimum atomic E-state index is -4.04. The van der Waals surface area contributed by atoms with E-state index >= 15 is 0 Å². The van der Waals surface area contributed by atoms with E-state index in [9.17, 15) is 18.3 Å². The van der Waals surface area contributed by atoms with Crippen LogP contribution < -0.4 is 13.8 Å². The maximum absolute atomic E-state index is 12.3. The summed E-state index contributed by atoms with van der Waals surface area (Å²) < 4.78 is 32.8. The number of rotatable bonds is 6. The van der Waals surface area contributed by atoms with E-state index in [0.717, 1.165) is 26.8 Å². The quantitative estimate of drug-likeness (QED) is 0.552. The van der Waals surface area contributed by atoms with Crippen LogP contribution in [0.1, 0.15) is 32.3 Å². The van der Waals surface area contributed by atoms with Crippen LogP contribution in [0.5, 0.6) is 5.75 Å². The molecule has 1 aliphatic heterocycles. The third kappa shape index (κ3) is 4.43. The van der Waals surface area contributed by atoms with E-state index < -0.39 is 22.1 Å². The molecule has 0 fully saturated rings. The van der Waals surface area contributed by atoms with Crippen LogP contribution in [0.15, 0.2) is 42.4 Å². The summed E-state index contributed by atoms with van der Waals surface area (Å²) in [5.74, 6) is -1.03. The number of nitrogens with one attached hydrogen (secondary N) is 1. The summed E-state index contributed by atoms with van der Waals surface area (Å²) in [6.45, 7) is 3.50. The first-order valence-corrected chi connectivity index (χ1v) is 10.6. The molecule has 9 heteroatoms. The normalized spacial score (nSPS) is 16.0. The van der Waals surface area contributed by atoms with Gasteiger partial charge in [0.2, 0.25) is 5.88 Å². The Labute approximate surface area is 169 Å². The van der Waals surface area contributed by atoms with Crippen LogP contribution in [-0.2, 0) is 21.4 Å². The molecule has 1 heterocycles. The summed E-state index contributed by atoms with van der Waals surface area (Å²) in [6.07, 6.45) is 2.55. The Morgan fingerprint density at radius 2 is 2.07 bits per heavy atom. The fourth-order valence-electron chi connectivity index (χ4n) is 2.95. The van der Waals surface area contributed by atoms with Gasteiger partial charge in [0.25, 0.3) is 0 Å². The van der Waals surface area contributed by atoms with Gasteiger partial charge in [-0.3, -0.25) is 4.79 Å². The summed E-state index contributed by atoms with van der Waals surface area (Å²) in [6, 6.07) is 11.1. The van der Waals surface area contributed by atoms with Gasteiger partial charge >= 0.3 is 16.2 Å². The number of benzene rings is 2. The Bertz CT molecular complexity index is 1130. The minimum Gasteiger partial charge on any atom is -0.493 e. The monoisotopic (exact) mass is 415 g/mol. The number of aliphatic hydroxyl groups excluding tert-OH is 1. The lowest BCUT2D eigenvalue weighted by molar-refractivity contribution is -0.133. The highest BCUT2D eigenvalue weighted by Gasteiger charge is 2.31. The lowest BCUT2D eigenvalue weighted by atomic mass is 9.99. The molecule has 2 N–H and O–H groups in total. The van der Waals surface area contributed by atoms with E-state index in [1.165, 1.54) is 0 Å². The molecule has 0 aliphatic carbocycles. The second kappa shape index (κ2) is 8.01. The van der Waals surface area contributed by atoms with E-state index in [1.54, 1.807) is 19.1 Å². The number of anilines is 1. The molecule has 1 unspecified atom stereocenters. The van der Waals surface area contributed by atoms with Crippen molar-refractivity contribution in [2.45, 2.75) is 33.1 Å². The summed E-state index contributed by atoms with van der Waals surface area (Å²) >= 11 is 0. The smallest absolute Gasteiger partial charge is 0.330 e. The second-order valence-electron chi connectivity index (χ2n) is 6.82. The van der Waals surface area contributed by atoms with Gasteiger partial charge in [-0.1, -0.05) is 25.1 Å². The van der Waals surface area contributed by atoms with E-state index in [4.69, 9.17) is 10.00 Å². The maximum Gasteiger partial charge on any atom is 0.330 e. The van der Waals surface area contributed by atoms with Crippen molar-refractivity contribution in [2.75, 3.05) is 4.31 Å². The summed E-state index contributed by atoms with van der Waals surface area (Å²) in [4.78, 5) is 11.8.